The number of hydrogen-bond acceptors (Lipinski definition) is 4. The summed E-state index contributed by atoms with van der Waals surface area (Å²) in [5.41, 5.74) is 0. The van der Waals surface area contributed by atoms with Gasteiger partial charge in [0.25, 0.3) is 0 Å². The molecule has 1 aromatic rings. The van der Waals surface area contributed by atoms with E-state index in [1.54, 1.807) is 7.05 Å². The number of aliphatic carboxylic acids is 1. The number of rotatable bonds is 5. The molecule has 1 aromatic heterocycles. The van der Waals surface area contributed by atoms with Crippen molar-refractivity contribution in [3.63, 3.8) is 0 Å². The minimum Gasteiger partial charge on any atom is -0.480 e. The SMILES string of the molecule is CNC(CNc1cc(Br)cs1)C(=O)O. The summed E-state index contributed by atoms with van der Waals surface area (Å²) in [5, 5.41) is 17.4. The average molecular weight is 279 g/mol. The normalized spacial score (nSPS) is 12.4. The molecule has 1 heterocycles. The molecule has 0 saturated carbocycles. The van der Waals surface area contributed by atoms with E-state index in [1.165, 1.54) is 11.3 Å². The third-order valence-electron chi connectivity index (χ3n) is 1.69. The highest BCUT2D eigenvalue weighted by molar-refractivity contribution is 9.10. The van der Waals surface area contributed by atoms with Crippen LogP contribution in [0.3, 0.4) is 0 Å². The van der Waals surface area contributed by atoms with Gasteiger partial charge in [0.2, 0.25) is 0 Å². The van der Waals surface area contributed by atoms with E-state index in [2.05, 4.69) is 26.6 Å². The minimum atomic E-state index is -0.851. The Labute approximate surface area is 94.5 Å². The van der Waals surface area contributed by atoms with Crippen LogP contribution >= 0.6 is 27.3 Å². The fourth-order valence-electron chi connectivity index (χ4n) is 0.921. The fourth-order valence-corrected chi connectivity index (χ4v) is 2.25. The number of halogens is 1. The van der Waals surface area contributed by atoms with Gasteiger partial charge in [-0.3, -0.25) is 4.79 Å². The van der Waals surface area contributed by atoms with Crippen molar-refractivity contribution in [2.75, 3.05) is 18.9 Å². The molecule has 0 fully saturated rings. The number of anilines is 1. The topological polar surface area (TPSA) is 61.4 Å². The molecule has 6 heteroatoms. The Morgan fingerprint density at radius 2 is 2.50 bits per heavy atom. The van der Waals surface area contributed by atoms with Crippen LogP contribution in [0.4, 0.5) is 5.00 Å². The van der Waals surface area contributed by atoms with Gasteiger partial charge >= 0.3 is 5.97 Å². The van der Waals surface area contributed by atoms with Crippen LogP contribution in [0.15, 0.2) is 15.9 Å². The highest BCUT2D eigenvalue weighted by Gasteiger charge is 2.14. The first-order chi connectivity index (χ1) is 6.63. The summed E-state index contributed by atoms with van der Waals surface area (Å²) in [6.45, 7) is 0.374. The van der Waals surface area contributed by atoms with Gasteiger partial charge in [-0.25, -0.2) is 0 Å². The van der Waals surface area contributed by atoms with Crippen molar-refractivity contribution in [2.24, 2.45) is 0 Å². The molecular weight excluding hydrogens is 268 g/mol. The van der Waals surface area contributed by atoms with Crippen molar-refractivity contribution in [3.8, 4) is 0 Å². The third kappa shape index (κ3) is 3.28. The van der Waals surface area contributed by atoms with Gasteiger partial charge < -0.3 is 15.7 Å². The van der Waals surface area contributed by atoms with Crippen LogP contribution in [-0.2, 0) is 4.79 Å². The number of hydrogen-bond donors (Lipinski definition) is 3. The lowest BCUT2D eigenvalue weighted by molar-refractivity contribution is -0.138. The van der Waals surface area contributed by atoms with E-state index in [-0.39, 0.29) is 0 Å². The van der Waals surface area contributed by atoms with Crippen LogP contribution in [-0.4, -0.2) is 30.7 Å². The highest BCUT2D eigenvalue weighted by Crippen LogP contribution is 2.24. The number of carbonyl (C=O) groups is 1. The van der Waals surface area contributed by atoms with Crippen LogP contribution < -0.4 is 10.6 Å². The molecule has 1 atom stereocenters. The summed E-state index contributed by atoms with van der Waals surface area (Å²) in [6, 6.07) is 1.36. The molecule has 0 aliphatic rings. The molecule has 4 nitrogen and oxygen atoms in total. The maximum Gasteiger partial charge on any atom is 0.322 e. The lowest BCUT2D eigenvalue weighted by atomic mass is 10.3. The summed E-state index contributed by atoms with van der Waals surface area (Å²) >= 11 is 4.86. The Balaban J connectivity index is 2.43. The Bertz CT molecular complexity index is 316. The number of nitrogens with one attached hydrogen (secondary N) is 2. The molecule has 0 radical (unpaired) electrons. The molecule has 3 N–H and O–H groups in total. The molecule has 0 aliphatic carbocycles. The molecule has 0 aromatic carbocycles. The van der Waals surface area contributed by atoms with Gasteiger partial charge in [-0.15, -0.1) is 11.3 Å². The molecule has 78 valence electrons. The zero-order chi connectivity index (χ0) is 10.6. The van der Waals surface area contributed by atoms with Gasteiger partial charge in [0.1, 0.15) is 6.04 Å². The Morgan fingerprint density at radius 1 is 1.79 bits per heavy atom. The fraction of sp³-hybridized carbons (Fsp3) is 0.375. The number of likely N-dealkylation sites (N-methyl/N-ethyl adjacent to an activating group) is 1. The minimum absolute atomic E-state index is 0.374. The quantitative estimate of drug-likeness (QED) is 0.766. The van der Waals surface area contributed by atoms with Crippen LogP contribution in [0.5, 0.6) is 0 Å². The van der Waals surface area contributed by atoms with Gasteiger partial charge in [0, 0.05) is 16.4 Å². The molecule has 0 aliphatic heterocycles. The first-order valence-electron chi connectivity index (χ1n) is 4.01. The second-order valence-corrected chi connectivity index (χ2v) is 4.52. The average Bonchev–Trinajstić information content (AvgIpc) is 2.52. The molecule has 1 unspecified atom stereocenters. The van der Waals surface area contributed by atoms with E-state index < -0.39 is 12.0 Å². The molecule has 0 saturated heterocycles. The maximum absolute atomic E-state index is 10.6. The van der Waals surface area contributed by atoms with Crippen LogP contribution in [0, 0.1) is 0 Å². The molecule has 14 heavy (non-hydrogen) atoms. The second kappa shape index (κ2) is 5.33. The smallest absolute Gasteiger partial charge is 0.322 e. The van der Waals surface area contributed by atoms with Crippen molar-refractivity contribution in [3.05, 3.63) is 15.9 Å². The van der Waals surface area contributed by atoms with E-state index >= 15 is 0 Å². The summed E-state index contributed by atoms with van der Waals surface area (Å²) < 4.78 is 1.00. The zero-order valence-electron chi connectivity index (χ0n) is 7.58. The van der Waals surface area contributed by atoms with E-state index in [4.69, 9.17) is 5.11 Å². The standard InChI is InChI=1S/C8H11BrN2O2S/c1-10-6(8(12)13)3-11-7-2-5(9)4-14-7/h2,4,6,10-11H,3H2,1H3,(H,12,13). The molecule has 1 rings (SSSR count). The van der Waals surface area contributed by atoms with Crippen molar-refractivity contribution in [2.45, 2.75) is 6.04 Å². The lowest BCUT2D eigenvalue weighted by Crippen LogP contribution is -2.39. The van der Waals surface area contributed by atoms with Crippen molar-refractivity contribution >= 4 is 38.2 Å². The first kappa shape index (κ1) is 11.5. The Hall–Kier alpha value is -0.590. The van der Waals surface area contributed by atoms with Gasteiger partial charge in [0.05, 0.1) is 5.00 Å². The predicted molar refractivity (Wildman–Crippen MR) is 61.0 cm³/mol. The van der Waals surface area contributed by atoms with Crippen molar-refractivity contribution in [1.82, 2.24) is 5.32 Å². The zero-order valence-corrected chi connectivity index (χ0v) is 9.98. The van der Waals surface area contributed by atoms with Crippen LogP contribution in [0.1, 0.15) is 0 Å². The van der Waals surface area contributed by atoms with E-state index in [0.717, 1.165) is 9.47 Å². The highest BCUT2D eigenvalue weighted by atomic mass is 79.9. The molecule has 0 amide bonds. The van der Waals surface area contributed by atoms with E-state index in [9.17, 15) is 4.79 Å². The second-order valence-electron chi connectivity index (χ2n) is 2.69. The van der Waals surface area contributed by atoms with Crippen LogP contribution in [0.2, 0.25) is 0 Å². The lowest BCUT2D eigenvalue weighted by Gasteiger charge is -2.11. The van der Waals surface area contributed by atoms with E-state index in [0.29, 0.717) is 6.54 Å². The maximum atomic E-state index is 10.6. The van der Waals surface area contributed by atoms with Gasteiger partial charge in [-0.05, 0) is 29.0 Å². The summed E-state index contributed by atoms with van der Waals surface area (Å²) in [6.07, 6.45) is 0. The largest absolute Gasteiger partial charge is 0.480 e. The van der Waals surface area contributed by atoms with Crippen molar-refractivity contribution < 1.29 is 9.90 Å². The van der Waals surface area contributed by atoms with Crippen LogP contribution in [0.25, 0.3) is 0 Å². The van der Waals surface area contributed by atoms with Gasteiger partial charge in [-0.1, -0.05) is 0 Å². The Morgan fingerprint density at radius 3 is 2.93 bits per heavy atom. The molecule has 0 bridgehead atoms. The number of carboxylic acid groups (broad SMARTS) is 1. The Kier molecular flexibility index (Phi) is 4.37. The van der Waals surface area contributed by atoms with Gasteiger partial charge in [-0.2, -0.15) is 0 Å². The predicted octanol–water partition coefficient (Wildman–Crippen LogP) is 1.60. The van der Waals surface area contributed by atoms with Crippen molar-refractivity contribution in [1.29, 1.82) is 0 Å². The number of carboxylic acids is 1. The van der Waals surface area contributed by atoms with Gasteiger partial charge in [0.15, 0.2) is 0 Å². The molecular formula is C8H11BrN2O2S. The summed E-state index contributed by atoms with van der Waals surface area (Å²) in [5.74, 6) is -0.851. The van der Waals surface area contributed by atoms with E-state index in [1.807, 2.05) is 11.4 Å². The summed E-state index contributed by atoms with van der Waals surface area (Å²) in [4.78, 5) is 10.6. The first-order valence-corrected chi connectivity index (χ1v) is 5.68. The monoisotopic (exact) mass is 278 g/mol. The summed E-state index contributed by atoms with van der Waals surface area (Å²) in [7, 11) is 1.63. The number of thiophene rings is 1. The third-order valence-corrected chi connectivity index (χ3v) is 3.34. The molecule has 0 spiro atoms.